The van der Waals surface area contributed by atoms with E-state index in [1.807, 2.05) is 0 Å². The van der Waals surface area contributed by atoms with Crippen LogP contribution in [-0.4, -0.2) is 4.98 Å². The van der Waals surface area contributed by atoms with Gasteiger partial charge in [0.05, 0.1) is 0 Å². The Labute approximate surface area is 95.0 Å². The summed E-state index contributed by atoms with van der Waals surface area (Å²) < 4.78 is 12.7. The predicted octanol–water partition coefficient (Wildman–Crippen LogP) is 3.84. The molecule has 0 N–H and O–H groups in total. The molecule has 0 spiro atoms. The monoisotopic (exact) mass is 215 g/mol. The summed E-state index contributed by atoms with van der Waals surface area (Å²) in [5.74, 6) is -0.439. The molecule has 0 aliphatic heterocycles. The van der Waals surface area contributed by atoms with Crippen molar-refractivity contribution >= 4 is 0 Å². The van der Waals surface area contributed by atoms with Crippen LogP contribution < -0.4 is 0 Å². The maximum atomic E-state index is 12.7. The van der Waals surface area contributed by atoms with Gasteiger partial charge in [-0.1, -0.05) is 37.6 Å². The maximum absolute atomic E-state index is 12.7. The molecule has 1 aromatic heterocycles. The quantitative estimate of drug-likeness (QED) is 0.709. The molecule has 0 aliphatic carbocycles. The van der Waals surface area contributed by atoms with Crippen molar-refractivity contribution in [3.05, 3.63) is 54.1 Å². The number of nitrogens with zero attached hydrogens (tertiary/aromatic N) is 1. The van der Waals surface area contributed by atoms with Crippen molar-refractivity contribution in [3.63, 3.8) is 0 Å². The summed E-state index contributed by atoms with van der Waals surface area (Å²) in [4.78, 5) is 3.65. The molecule has 0 saturated carbocycles. The first kappa shape index (κ1) is 10.8. The average Bonchev–Trinajstić information content (AvgIpc) is 2.32. The number of rotatable bonds is 3. The summed E-state index contributed by atoms with van der Waals surface area (Å²) in [6.45, 7) is 2.16. The van der Waals surface area contributed by atoms with Gasteiger partial charge in [-0.05, 0) is 29.7 Å². The summed E-state index contributed by atoms with van der Waals surface area (Å²) in [5.41, 5.74) is 3.36. The Kier molecular flexibility index (Phi) is 3.30. The zero-order chi connectivity index (χ0) is 11.4. The van der Waals surface area contributed by atoms with E-state index >= 15 is 0 Å². The second-order valence-corrected chi connectivity index (χ2v) is 3.82. The molecule has 1 aromatic carbocycles. The second-order valence-electron chi connectivity index (χ2n) is 3.82. The number of hydrogen-bond acceptors (Lipinski definition) is 1. The minimum absolute atomic E-state index is 0.439. The van der Waals surface area contributed by atoms with Crippen molar-refractivity contribution in [2.75, 3.05) is 0 Å². The standard InChI is InChI=1S/C14H14FN/c1-2-3-11-4-6-12(7-5-11)13-8-9-14(15)16-10-13/h4-10H,2-3H2,1H3. The Morgan fingerprint density at radius 1 is 1.00 bits per heavy atom. The fourth-order valence-electron chi connectivity index (χ4n) is 1.70. The van der Waals surface area contributed by atoms with E-state index in [0.29, 0.717) is 0 Å². The van der Waals surface area contributed by atoms with Gasteiger partial charge in [-0.15, -0.1) is 0 Å². The molecule has 0 radical (unpaired) electrons. The van der Waals surface area contributed by atoms with Crippen LogP contribution in [-0.2, 0) is 6.42 Å². The van der Waals surface area contributed by atoms with Gasteiger partial charge in [0.25, 0.3) is 0 Å². The van der Waals surface area contributed by atoms with Crippen molar-refractivity contribution in [1.82, 2.24) is 4.98 Å². The van der Waals surface area contributed by atoms with E-state index in [1.165, 1.54) is 11.6 Å². The molecule has 1 heterocycles. The Hall–Kier alpha value is -1.70. The zero-order valence-corrected chi connectivity index (χ0v) is 9.28. The number of benzene rings is 1. The lowest BCUT2D eigenvalue weighted by molar-refractivity contribution is 0.584. The summed E-state index contributed by atoms with van der Waals surface area (Å²) in [5, 5.41) is 0. The lowest BCUT2D eigenvalue weighted by atomic mass is 10.0. The lowest BCUT2D eigenvalue weighted by Gasteiger charge is -2.03. The van der Waals surface area contributed by atoms with E-state index in [9.17, 15) is 4.39 Å². The van der Waals surface area contributed by atoms with Gasteiger partial charge in [-0.25, -0.2) is 4.98 Å². The third-order valence-electron chi connectivity index (χ3n) is 2.55. The van der Waals surface area contributed by atoms with Crippen LogP contribution in [0, 0.1) is 5.95 Å². The normalized spacial score (nSPS) is 10.4. The highest BCUT2D eigenvalue weighted by molar-refractivity contribution is 5.62. The van der Waals surface area contributed by atoms with E-state index in [1.54, 1.807) is 12.3 Å². The topological polar surface area (TPSA) is 12.9 Å². The minimum atomic E-state index is -0.439. The third kappa shape index (κ3) is 2.45. The molecule has 0 atom stereocenters. The number of halogens is 1. The van der Waals surface area contributed by atoms with Crippen molar-refractivity contribution in [2.24, 2.45) is 0 Å². The first-order valence-electron chi connectivity index (χ1n) is 5.50. The molecule has 1 nitrogen and oxygen atoms in total. The van der Waals surface area contributed by atoms with Crippen LogP contribution >= 0.6 is 0 Å². The first-order valence-corrected chi connectivity index (χ1v) is 5.50. The second kappa shape index (κ2) is 4.88. The van der Waals surface area contributed by atoms with E-state index in [-0.39, 0.29) is 0 Å². The Balaban J connectivity index is 2.24. The van der Waals surface area contributed by atoms with Gasteiger partial charge in [0.15, 0.2) is 0 Å². The predicted molar refractivity (Wildman–Crippen MR) is 63.6 cm³/mol. The Morgan fingerprint density at radius 3 is 2.25 bits per heavy atom. The van der Waals surface area contributed by atoms with Crippen LogP contribution in [0.5, 0.6) is 0 Å². The Bertz CT molecular complexity index is 445. The molecule has 2 aromatic rings. The number of pyridine rings is 1. The molecule has 0 aliphatic rings. The van der Waals surface area contributed by atoms with Crippen LogP contribution in [0.25, 0.3) is 11.1 Å². The molecule has 0 fully saturated rings. The van der Waals surface area contributed by atoms with Crippen LogP contribution in [0.1, 0.15) is 18.9 Å². The molecular formula is C14H14FN. The van der Waals surface area contributed by atoms with Gasteiger partial charge in [0, 0.05) is 11.8 Å². The van der Waals surface area contributed by atoms with Crippen molar-refractivity contribution < 1.29 is 4.39 Å². The van der Waals surface area contributed by atoms with Gasteiger partial charge in [0.1, 0.15) is 0 Å². The summed E-state index contributed by atoms with van der Waals surface area (Å²) >= 11 is 0. The molecule has 0 bridgehead atoms. The van der Waals surface area contributed by atoms with Gasteiger partial charge in [-0.3, -0.25) is 0 Å². The SMILES string of the molecule is CCCc1ccc(-c2ccc(F)nc2)cc1. The highest BCUT2D eigenvalue weighted by Crippen LogP contribution is 2.19. The van der Waals surface area contributed by atoms with E-state index in [0.717, 1.165) is 24.0 Å². The van der Waals surface area contributed by atoms with Gasteiger partial charge >= 0.3 is 0 Å². The molecule has 16 heavy (non-hydrogen) atoms. The van der Waals surface area contributed by atoms with Crippen molar-refractivity contribution in [2.45, 2.75) is 19.8 Å². The lowest BCUT2D eigenvalue weighted by Crippen LogP contribution is -1.85. The van der Waals surface area contributed by atoms with Gasteiger partial charge in [0.2, 0.25) is 5.95 Å². The molecule has 82 valence electrons. The smallest absolute Gasteiger partial charge is 0.212 e. The summed E-state index contributed by atoms with van der Waals surface area (Å²) in [6.07, 6.45) is 3.81. The van der Waals surface area contributed by atoms with E-state index < -0.39 is 5.95 Å². The van der Waals surface area contributed by atoms with Crippen LogP contribution in [0.15, 0.2) is 42.6 Å². The van der Waals surface area contributed by atoms with Gasteiger partial charge < -0.3 is 0 Å². The molecule has 2 heteroatoms. The van der Waals surface area contributed by atoms with Gasteiger partial charge in [-0.2, -0.15) is 4.39 Å². The van der Waals surface area contributed by atoms with Crippen LogP contribution in [0.3, 0.4) is 0 Å². The summed E-state index contributed by atoms with van der Waals surface area (Å²) in [7, 11) is 0. The minimum Gasteiger partial charge on any atom is -0.228 e. The van der Waals surface area contributed by atoms with Crippen molar-refractivity contribution in [3.8, 4) is 11.1 Å². The molecule has 0 unspecified atom stereocenters. The Morgan fingerprint density at radius 2 is 1.69 bits per heavy atom. The molecule has 0 saturated heterocycles. The number of aromatic nitrogens is 1. The van der Waals surface area contributed by atoms with Crippen molar-refractivity contribution in [1.29, 1.82) is 0 Å². The fraction of sp³-hybridized carbons (Fsp3) is 0.214. The molecule has 0 amide bonds. The van der Waals surface area contributed by atoms with Crippen LogP contribution in [0.4, 0.5) is 4.39 Å². The largest absolute Gasteiger partial charge is 0.228 e. The number of aryl methyl sites for hydroxylation is 1. The highest BCUT2D eigenvalue weighted by atomic mass is 19.1. The summed E-state index contributed by atoms with van der Waals surface area (Å²) in [6, 6.07) is 11.5. The zero-order valence-electron chi connectivity index (χ0n) is 9.28. The average molecular weight is 215 g/mol. The third-order valence-corrected chi connectivity index (χ3v) is 2.55. The number of hydrogen-bond donors (Lipinski definition) is 0. The van der Waals surface area contributed by atoms with E-state index in [2.05, 4.69) is 36.2 Å². The fourth-order valence-corrected chi connectivity index (χ4v) is 1.70. The molecule has 2 rings (SSSR count). The molecular weight excluding hydrogens is 201 g/mol. The van der Waals surface area contributed by atoms with E-state index in [4.69, 9.17) is 0 Å². The van der Waals surface area contributed by atoms with Crippen LogP contribution in [0.2, 0.25) is 0 Å². The first-order chi connectivity index (χ1) is 7.79. The highest BCUT2D eigenvalue weighted by Gasteiger charge is 1.99. The maximum Gasteiger partial charge on any atom is 0.212 e.